The van der Waals surface area contributed by atoms with Gasteiger partial charge in [-0.15, -0.1) is 0 Å². The maximum atomic E-state index is 2.52. The molecule has 0 aromatic carbocycles. The average Bonchev–Trinajstić information content (AvgIpc) is 1.91. The van der Waals surface area contributed by atoms with Crippen LogP contribution in [0.15, 0.2) is 0 Å². The van der Waals surface area contributed by atoms with Crippen LogP contribution in [0.2, 0.25) is 0 Å². The smallest absolute Gasteiger partial charge is 0.0195 e. The fraction of sp³-hybridized carbons (Fsp3) is 1.00. The Balaban J connectivity index is 2.52. The fourth-order valence-electron chi connectivity index (χ4n) is 0.822. The summed E-state index contributed by atoms with van der Waals surface area (Å²) in [6.45, 7) is 6.97. The predicted molar refractivity (Wildman–Crippen MR) is 40.8 cm³/mol. The summed E-state index contributed by atoms with van der Waals surface area (Å²) in [5.74, 6) is 0.952. The summed E-state index contributed by atoms with van der Waals surface area (Å²) >= 11 is 2.52. The number of halogens is 1. The number of hydrogen-bond donors (Lipinski definition) is 0. The van der Waals surface area contributed by atoms with Crippen LogP contribution in [0.3, 0.4) is 0 Å². The Morgan fingerprint density at radius 1 is 1.43 bits per heavy atom. The molecule has 42 valence electrons. The quantitative estimate of drug-likeness (QED) is 0.425. The lowest BCUT2D eigenvalue weighted by atomic mass is 10.1. The number of alkyl halides is 1. The van der Waals surface area contributed by atoms with E-state index < -0.39 is 0 Å². The van der Waals surface area contributed by atoms with Crippen LogP contribution < -0.4 is 0 Å². The summed E-state index contributed by atoms with van der Waals surface area (Å²) in [5.41, 5.74) is 0.653. The Morgan fingerprint density at radius 3 is 1.57 bits per heavy atom. The van der Waals surface area contributed by atoms with E-state index in [1.165, 1.54) is 0 Å². The van der Waals surface area contributed by atoms with Crippen molar-refractivity contribution in [3.05, 3.63) is 0 Å². The van der Waals surface area contributed by atoms with E-state index >= 15 is 0 Å². The molecule has 0 saturated heterocycles. The van der Waals surface area contributed by atoms with Crippen LogP contribution in [0.5, 0.6) is 0 Å². The summed E-state index contributed by atoms with van der Waals surface area (Å²) in [4.78, 5) is 0. The lowest BCUT2D eigenvalue weighted by molar-refractivity contribution is 0.589. The SMILES string of the molecule is CC1C(I)C1(C)C. The zero-order valence-corrected chi connectivity index (χ0v) is 7.19. The molecule has 0 amide bonds. The van der Waals surface area contributed by atoms with Gasteiger partial charge in [0.15, 0.2) is 0 Å². The minimum Gasteiger partial charge on any atom is -0.0817 e. The van der Waals surface area contributed by atoms with E-state index in [1.807, 2.05) is 0 Å². The van der Waals surface area contributed by atoms with Gasteiger partial charge in [-0.3, -0.25) is 0 Å². The van der Waals surface area contributed by atoms with E-state index in [9.17, 15) is 0 Å². The highest BCUT2D eigenvalue weighted by Gasteiger charge is 2.52. The maximum Gasteiger partial charge on any atom is 0.0195 e. The highest BCUT2D eigenvalue weighted by Crippen LogP contribution is 2.56. The molecule has 1 heteroatoms. The van der Waals surface area contributed by atoms with Gasteiger partial charge in [0.1, 0.15) is 0 Å². The topological polar surface area (TPSA) is 0 Å². The molecule has 0 heterocycles. The Labute approximate surface area is 58.8 Å². The second kappa shape index (κ2) is 1.36. The van der Waals surface area contributed by atoms with Crippen molar-refractivity contribution < 1.29 is 0 Å². The van der Waals surface area contributed by atoms with Gasteiger partial charge < -0.3 is 0 Å². The van der Waals surface area contributed by atoms with Gasteiger partial charge >= 0.3 is 0 Å². The van der Waals surface area contributed by atoms with Crippen molar-refractivity contribution in [1.82, 2.24) is 0 Å². The lowest BCUT2D eigenvalue weighted by Gasteiger charge is -1.93. The summed E-state index contributed by atoms with van der Waals surface area (Å²) in [7, 11) is 0. The highest BCUT2D eigenvalue weighted by atomic mass is 127. The first-order chi connectivity index (χ1) is 3.07. The van der Waals surface area contributed by atoms with Crippen LogP contribution in [0.4, 0.5) is 0 Å². The molecule has 0 aliphatic heterocycles. The van der Waals surface area contributed by atoms with Crippen LogP contribution in [0, 0.1) is 11.3 Å². The Bertz CT molecular complexity index is 76.2. The van der Waals surface area contributed by atoms with Crippen LogP contribution in [0.1, 0.15) is 20.8 Å². The molecular weight excluding hydrogens is 199 g/mol. The van der Waals surface area contributed by atoms with Gasteiger partial charge in [0.2, 0.25) is 0 Å². The Hall–Kier alpha value is 0.730. The van der Waals surface area contributed by atoms with Crippen LogP contribution in [0.25, 0.3) is 0 Å². The van der Waals surface area contributed by atoms with E-state index in [-0.39, 0.29) is 0 Å². The van der Waals surface area contributed by atoms with Crippen molar-refractivity contribution in [3.8, 4) is 0 Å². The molecule has 0 spiro atoms. The van der Waals surface area contributed by atoms with Gasteiger partial charge in [-0.2, -0.15) is 0 Å². The van der Waals surface area contributed by atoms with Crippen molar-refractivity contribution >= 4 is 22.6 Å². The lowest BCUT2D eigenvalue weighted by Crippen LogP contribution is -1.86. The van der Waals surface area contributed by atoms with Gasteiger partial charge in [-0.05, 0) is 11.3 Å². The minimum absolute atomic E-state index is 0.653. The molecule has 0 aromatic heterocycles. The van der Waals surface area contributed by atoms with E-state index in [2.05, 4.69) is 43.4 Å². The Morgan fingerprint density at radius 2 is 1.57 bits per heavy atom. The third kappa shape index (κ3) is 0.694. The molecule has 0 bridgehead atoms. The third-order valence-corrected chi connectivity index (χ3v) is 4.90. The Kier molecular flexibility index (Phi) is 1.14. The molecule has 0 radical (unpaired) electrons. The van der Waals surface area contributed by atoms with Crippen LogP contribution >= 0.6 is 22.6 Å². The molecule has 1 rings (SSSR count). The van der Waals surface area contributed by atoms with Gasteiger partial charge in [0.05, 0.1) is 0 Å². The predicted octanol–water partition coefficient (Wildman–Crippen LogP) is 2.47. The standard InChI is InChI=1S/C6H11I/c1-4-5(7)6(4,2)3/h4-5H,1-3H3. The summed E-state index contributed by atoms with van der Waals surface area (Å²) in [6, 6.07) is 0. The summed E-state index contributed by atoms with van der Waals surface area (Å²) in [6.07, 6.45) is 0. The van der Waals surface area contributed by atoms with Crippen molar-refractivity contribution in [2.75, 3.05) is 0 Å². The average molecular weight is 210 g/mol. The van der Waals surface area contributed by atoms with Crippen molar-refractivity contribution in [2.24, 2.45) is 11.3 Å². The second-order valence-electron chi connectivity index (χ2n) is 3.01. The van der Waals surface area contributed by atoms with E-state index in [1.54, 1.807) is 0 Å². The van der Waals surface area contributed by atoms with Gasteiger partial charge in [0, 0.05) is 3.92 Å². The number of rotatable bonds is 0. The molecule has 1 aliphatic rings. The highest BCUT2D eigenvalue weighted by molar-refractivity contribution is 14.1. The number of hydrogen-bond acceptors (Lipinski definition) is 0. The first-order valence-corrected chi connectivity index (χ1v) is 3.95. The molecule has 7 heavy (non-hydrogen) atoms. The van der Waals surface area contributed by atoms with E-state index in [0.29, 0.717) is 5.41 Å². The van der Waals surface area contributed by atoms with Crippen molar-refractivity contribution in [3.63, 3.8) is 0 Å². The first-order valence-electron chi connectivity index (χ1n) is 2.71. The third-order valence-electron chi connectivity index (χ3n) is 2.21. The van der Waals surface area contributed by atoms with Gasteiger partial charge in [-0.25, -0.2) is 0 Å². The van der Waals surface area contributed by atoms with Gasteiger partial charge in [0.25, 0.3) is 0 Å². The van der Waals surface area contributed by atoms with E-state index in [0.717, 1.165) is 9.84 Å². The monoisotopic (exact) mass is 210 g/mol. The molecule has 2 unspecified atom stereocenters. The van der Waals surface area contributed by atoms with Crippen molar-refractivity contribution in [1.29, 1.82) is 0 Å². The van der Waals surface area contributed by atoms with Gasteiger partial charge in [-0.1, -0.05) is 43.4 Å². The van der Waals surface area contributed by atoms with E-state index in [4.69, 9.17) is 0 Å². The maximum absolute atomic E-state index is 2.52. The molecule has 0 aromatic rings. The molecule has 1 aliphatic carbocycles. The van der Waals surface area contributed by atoms with Crippen LogP contribution in [-0.4, -0.2) is 3.92 Å². The molecule has 1 fully saturated rings. The second-order valence-corrected chi connectivity index (χ2v) is 4.35. The van der Waals surface area contributed by atoms with Crippen molar-refractivity contribution in [2.45, 2.75) is 24.7 Å². The molecular formula is C6H11I. The fourth-order valence-corrected chi connectivity index (χ4v) is 2.11. The molecule has 0 N–H and O–H groups in total. The summed E-state index contributed by atoms with van der Waals surface area (Å²) in [5, 5.41) is 0. The summed E-state index contributed by atoms with van der Waals surface area (Å²) < 4.78 is 0.935. The first kappa shape index (κ1) is 5.86. The molecule has 0 nitrogen and oxygen atoms in total. The van der Waals surface area contributed by atoms with Crippen LogP contribution in [-0.2, 0) is 0 Å². The largest absolute Gasteiger partial charge is 0.0817 e. The molecule has 1 saturated carbocycles. The zero-order chi connectivity index (χ0) is 5.65. The minimum atomic E-state index is 0.653. The zero-order valence-electron chi connectivity index (χ0n) is 5.03. The molecule has 2 atom stereocenters. The normalized spacial score (nSPS) is 46.3.